The third-order valence-corrected chi connectivity index (χ3v) is 2.45. The summed E-state index contributed by atoms with van der Waals surface area (Å²) >= 11 is 0. The van der Waals surface area contributed by atoms with Crippen molar-refractivity contribution in [1.29, 1.82) is 0 Å². The second-order valence-electron chi connectivity index (χ2n) is 3.16. The third kappa shape index (κ3) is 2.56. The van der Waals surface area contributed by atoms with Crippen LogP contribution in [0.2, 0.25) is 0 Å². The molecule has 1 N–H and O–H groups in total. The highest BCUT2D eigenvalue weighted by atomic mass is 15.5. The Kier molecular flexibility index (Phi) is 4.63. The van der Waals surface area contributed by atoms with Gasteiger partial charge in [-0.05, 0) is 24.6 Å². The van der Waals surface area contributed by atoms with Gasteiger partial charge in [0.2, 0.25) is 0 Å². The van der Waals surface area contributed by atoms with E-state index in [1.807, 2.05) is 20.9 Å². The summed E-state index contributed by atoms with van der Waals surface area (Å²) in [6.07, 6.45) is 1.16. The molecule has 1 aliphatic rings. The molecule has 2 nitrogen and oxygen atoms in total. The lowest BCUT2D eigenvalue weighted by atomic mass is 10.0. The molecule has 0 fully saturated rings. The number of hydrogen-bond donors (Lipinski definition) is 1. The van der Waals surface area contributed by atoms with Crippen LogP contribution < -0.4 is 5.43 Å². The van der Waals surface area contributed by atoms with Gasteiger partial charge in [0, 0.05) is 13.1 Å². The predicted octanol–water partition coefficient (Wildman–Crippen LogP) is 2.21. The zero-order valence-corrected chi connectivity index (χ0v) is 9.38. The molecule has 1 aromatic carbocycles. The van der Waals surface area contributed by atoms with Gasteiger partial charge in [0.05, 0.1) is 0 Å². The molecule has 0 spiro atoms. The number of hydrogen-bond acceptors (Lipinski definition) is 2. The molecule has 0 radical (unpaired) electrons. The molecule has 0 saturated carbocycles. The maximum absolute atomic E-state index is 3.18. The van der Waals surface area contributed by atoms with Gasteiger partial charge in [-0.2, -0.15) is 0 Å². The van der Waals surface area contributed by atoms with Crippen molar-refractivity contribution in [3.8, 4) is 0 Å². The minimum Gasteiger partial charge on any atom is -0.258 e. The summed E-state index contributed by atoms with van der Waals surface area (Å²) in [5, 5.41) is 2.24. The van der Waals surface area contributed by atoms with Crippen LogP contribution >= 0.6 is 0 Å². The average molecular weight is 192 g/mol. The first-order valence-corrected chi connectivity index (χ1v) is 5.39. The first-order chi connectivity index (χ1) is 6.90. The maximum Gasteiger partial charge on any atom is 0.0384 e. The van der Waals surface area contributed by atoms with Gasteiger partial charge in [-0.1, -0.05) is 38.1 Å². The number of hydrazine groups is 1. The van der Waals surface area contributed by atoms with E-state index in [9.17, 15) is 0 Å². The number of fused-ring (bicyclic) bond motifs is 1. The summed E-state index contributed by atoms with van der Waals surface area (Å²) < 4.78 is 0. The molecule has 78 valence electrons. The summed E-state index contributed by atoms with van der Waals surface area (Å²) in [5.74, 6) is 0. The predicted molar refractivity (Wildman–Crippen MR) is 61.0 cm³/mol. The van der Waals surface area contributed by atoms with E-state index in [-0.39, 0.29) is 0 Å². The lowest BCUT2D eigenvalue weighted by molar-refractivity contribution is 0.189. The van der Waals surface area contributed by atoms with Gasteiger partial charge >= 0.3 is 0 Å². The van der Waals surface area contributed by atoms with E-state index < -0.39 is 0 Å². The fourth-order valence-electron chi connectivity index (χ4n) is 1.69. The highest BCUT2D eigenvalue weighted by Crippen LogP contribution is 2.16. The largest absolute Gasteiger partial charge is 0.258 e. The second-order valence-corrected chi connectivity index (χ2v) is 3.16. The molecule has 0 bridgehead atoms. The van der Waals surface area contributed by atoms with Gasteiger partial charge in [0.15, 0.2) is 0 Å². The van der Waals surface area contributed by atoms with Crippen LogP contribution in [0.4, 0.5) is 0 Å². The van der Waals surface area contributed by atoms with Crippen LogP contribution in [0.25, 0.3) is 0 Å². The Bertz CT molecular complexity index is 271. The Labute approximate surface area is 86.9 Å². The quantitative estimate of drug-likeness (QED) is 0.734. The Morgan fingerprint density at radius 2 is 1.79 bits per heavy atom. The molecule has 0 aliphatic carbocycles. The molecule has 0 saturated heterocycles. The minimum absolute atomic E-state index is 1.03. The number of benzene rings is 1. The first kappa shape index (κ1) is 11.2. The van der Waals surface area contributed by atoms with Crippen LogP contribution in [0.3, 0.4) is 0 Å². The topological polar surface area (TPSA) is 15.3 Å². The zero-order valence-electron chi connectivity index (χ0n) is 9.38. The van der Waals surface area contributed by atoms with Gasteiger partial charge in [0.25, 0.3) is 0 Å². The van der Waals surface area contributed by atoms with E-state index in [2.05, 4.69) is 34.7 Å². The van der Waals surface area contributed by atoms with Gasteiger partial charge in [-0.3, -0.25) is 5.43 Å². The van der Waals surface area contributed by atoms with E-state index in [4.69, 9.17) is 0 Å². The van der Waals surface area contributed by atoms with Crippen LogP contribution in [0.15, 0.2) is 24.3 Å². The van der Waals surface area contributed by atoms with Gasteiger partial charge in [0.1, 0.15) is 0 Å². The second kappa shape index (κ2) is 5.78. The van der Waals surface area contributed by atoms with E-state index in [1.165, 1.54) is 11.1 Å². The van der Waals surface area contributed by atoms with Crippen LogP contribution in [-0.2, 0) is 13.0 Å². The van der Waals surface area contributed by atoms with Crippen molar-refractivity contribution in [3.05, 3.63) is 35.4 Å². The summed E-state index contributed by atoms with van der Waals surface area (Å²) in [6.45, 7) is 6.15. The minimum atomic E-state index is 1.03. The number of rotatable bonds is 1. The summed E-state index contributed by atoms with van der Waals surface area (Å²) in [7, 11) is 1.98. The molecule has 0 aromatic heterocycles. The van der Waals surface area contributed by atoms with E-state index in [0.29, 0.717) is 0 Å². The van der Waals surface area contributed by atoms with Crippen LogP contribution in [0.5, 0.6) is 0 Å². The summed E-state index contributed by atoms with van der Waals surface area (Å²) in [6, 6.07) is 8.66. The van der Waals surface area contributed by atoms with Crippen molar-refractivity contribution in [2.75, 3.05) is 13.6 Å². The van der Waals surface area contributed by atoms with Crippen molar-refractivity contribution < 1.29 is 0 Å². The van der Waals surface area contributed by atoms with E-state index in [0.717, 1.165) is 19.5 Å². The van der Waals surface area contributed by atoms with Crippen molar-refractivity contribution >= 4 is 0 Å². The molecule has 2 heteroatoms. The molecule has 1 aromatic rings. The monoisotopic (exact) mass is 192 g/mol. The zero-order chi connectivity index (χ0) is 10.4. The van der Waals surface area contributed by atoms with Gasteiger partial charge in [-0.25, -0.2) is 5.01 Å². The molecule has 2 rings (SSSR count). The molecule has 1 aliphatic heterocycles. The molecule has 0 unspecified atom stereocenters. The highest BCUT2D eigenvalue weighted by molar-refractivity contribution is 5.28. The molecular formula is C12H20N2. The Hall–Kier alpha value is -0.860. The van der Waals surface area contributed by atoms with Crippen molar-refractivity contribution in [2.24, 2.45) is 0 Å². The van der Waals surface area contributed by atoms with Crippen LogP contribution in [0, 0.1) is 0 Å². The maximum atomic E-state index is 3.18. The summed E-state index contributed by atoms with van der Waals surface area (Å²) in [4.78, 5) is 0. The van der Waals surface area contributed by atoms with E-state index >= 15 is 0 Å². The molecule has 0 amide bonds. The molecule has 0 atom stereocenters. The van der Waals surface area contributed by atoms with Crippen LogP contribution in [-0.4, -0.2) is 18.6 Å². The van der Waals surface area contributed by atoms with Crippen molar-refractivity contribution in [3.63, 3.8) is 0 Å². The molecule has 14 heavy (non-hydrogen) atoms. The molecule has 1 heterocycles. The lowest BCUT2D eigenvalue weighted by Crippen LogP contribution is -2.39. The van der Waals surface area contributed by atoms with Crippen LogP contribution in [0.1, 0.15) is 25.0 Å². The highest BCUT2D eigenvalue weighted by Gasteiger charge is 2.13. The number of nitrogens with zero attached hydrogens (tertiary/aromatic N) is 1. The van der Waals surface area contributed by atoms with Crippen molar-refractivity contribution in [2.45, 2.75) is 26.8 Å². The van der Waals surface area contributed by atoms with Crippen molar-refractivity contribution in [1.82, 2.24) is 10.4 Å². The Morgan fingerprint density at radius 1 is 1.14 bits per heavy atom. The van der Waals surface area contributed by atoms with E-state index in [1.54, 1.807) is 0 Å². The lowest BCUT2D eigenvalue weighted by Gasteiger charge is -2.27. The number of nitrogens with one attached hydrogen (secondary N) is 1. The first-order valence-electron chi connectivity index (χ1n) is 5.39. The molecular weight excluding hydrogens is 172 g/mol. The average Bonchev–Trinajstić information content (AvgIpc) is 2.31. The standard InChI is InChI=1S/C10H14N2.C2H6/c1-11-12-7-6-9-4-2-3-5-10(9)8-12;1-2/h2-5,11H,6-8H2,1H3;1-2H3. The normalized spacial score (nSPS) is 15.4. The van der Waals surface area contributed by atoms with Gasteiger partial charge in [-0.15, -0.1) is 0 Å². The Balaban J connectivity index is 0.000000461. The van der Waals surface area contributed by atoms with Gasteiger partial charge < -0.3 is 0 Å². The fraction of sp³-hybridized carbons (Fsp3) is 0.500. The SMILES string of the molecule is CC.CNN1CCc2ccccc2C1. The summed E-state index contributed by atoms with van der Waals surface area (Å²) in [5.41, 5.74) is 6.14. The smallest absolute Gasteiger partial charge is 0.0384 e. The third-order valence-electron chi connectivity index (χ3n) is 2.45. The fourth-order valence-corrected chi connectivity index (χ4v) is 1.69. The Morgan fingerprint density at radius 3 is 2.43 bits per heavy atom.